The molecule has 1 aliphatic rings. The van der Waals surface area contributed by atoms with E-state index >= 15 is 0 Å². The number of carbonyl (C=O) groups is 1. The number of hydrogen-bond acceptors (Lipinski definition) is 3. The second-order valence-corrected chi connectivity index (χ2v) is 5.42. The summed E-state index contributed by atoms with van der Waals surface area (Å²) in [7, 11) is 0. The Bertz CT molecular complexity index is 686. The summed E-state index contributed by atoms with van der Waals surface area (Å²) in [6, 6.07) is 13.2. The highest BCUT2D eigenvalue weighted by Crippen LogP contribution is 2.33. The molecule has 0 spiro atoms. The maximum absolute atomic E-state index is 11.9. The lowest BCUT2D eigenvalue weighted by Crippen LogP contribution is -2.30. The smallest absolute Gasteiger partial charge is 0.319 e. The molecule has 0 atom stereocenters. The van der Waals surface area contributed by atoms with Gasteiger partial charge in [0.2, 0.25) is 0 Å². The molecule has 5 heteroatoms. The number of amides is 2. The van der Waals surface area contributed by atoms with E-state index in [0.29, 0.717) is 19.8 Å². The van der Waals surface area contributed by atoms with Crippen molar-refractivity contribution in [1.82, 2.24) is 5.32 Å². The van der Waals surface area contributed by atoms with Crippen LogP contribution in [0.15, 0.2) is 42.5 Å². The van der Waals surface area contributed by atoms with E-state index in [1.807, 2.05) is 49.4 Å². The fourth-order valence-electron chi connectivity index (χ4n) is 2.51. The molecule has 2 aromatic rings. The van der Waals surface area contributed by atoms with Crippen LogP contribution in [0.1, 0.15) is 11.1 Å². The van der Waals surface area contributed by atoms with Crippen molar-refractivity contribution in [2.24, 2.45) is 0 Å². The monoisotopic (exact) mass is 312 g/mol. The second-order valence-electron chi connectivity index (χ2n) is 5.42. The molecule has 120 valence electrons. The van der Waals surface area contributed by atoms with E-state index in [4.69, 9.17) is 9.47 Å². The molecule has 1 aliphatic heterocycles. The van der Waals surface area contributed by atoms with Crippen molar-refractivity contribution in [2.75, 3.05) is 25.1 Å². The largest absolute Gasteiger partial charge is 0.486 e. The summed E-state index contributed by atoms with van der Waals surface area (Å²) in [6.07, 6.45) is 0.741. The van der Waals surface area contributed by atoms with E-state index in [1.165, 1.54) is 0 Å². The predicted molar refractivity (Wildman–Crippen MR) is 89.3 cm³/mol. The Kier molecular flexibility index (Phi) is 4.66. The lowest BCUT2D eigenvalue weighted by molar-refractivity contribution is 0.171. The highest BCUT2D eigenvalue weighted by molar-refractivity contribution is 5.89. The number of rotatable bonds is 4. The molecule has 0 radical (unpaired) electrons. The second kappa shape index (κ2) is 7.05. The SMILES string of the molecule is Cc1cc2c(cc1CCNC(=O)Nc1ccccc1)OCCO2. The fourth-order valence-corrected chi connectivity index (χ4v) is 2.51. The van der Waals surface area contributed by atoms with Gasteiger partial charge in [0.05, 0.1) is 0 Å². The first-order valence-corrected chi connectivity index (χ1v) is 7.71. The Hall–Kier alpha value is -2.69. The Balaban J connectivity index is 1.53. The summed E-state index contributed by atoms with van der Waals surface area (Å²) in [6.45, 7) is 3.76. The molecule has 1 heterocycles. The minimum Gasteiger partial charge on any atom is -0.486 e. The molecule has 23 heavy (non-hydrogen) atoms. The molecule has 0 aromatic heterocycles. The highest BCUT2D eigenvalue weighted by Gasteiger charge is 2.14. The molecular weight excluding hydrogens is 292 g/mol. The third kappa shape index (κ3) is 3.94. The summed E-state index contributed by atoms with van der Waals surface area (Å²) in [5.41, 5.74) is 3.06. The van der Waals surface area contributed by atoms with E-state index in [9.17, 15) is 4.79 Å². The van der Waals surface area contributed by atoms with Crippen LogP contribution in [0.2, 0.25) is 0 Å². The Morgan fingerprint density at radius 1 is 1.09 bits per heavy atom. The van der Waals surface area contributed by atoms with Crippen molar-refractivity contribution in [1.29, 1.82) is 0 Å². The topological polar surface area (TPSA) is 59.6 Å². The molecule has 0 saturated heterocycles. The van der Waals surface area contributed by atoms with Gasteiger partial charge in [-0.25, -0.2) is 4.79 Å². The van der Waals surface area contributed by atoms with Crippen molar-refractivity contribution in [2.45, 2.75) is 13.3 Å². The summed E-state index contributed by atoms with van der Waals surface area (Å²) in [5.74, 6) is 1.58. The summed E-state index contributed by atoms with van der Waals surface area (Å²) in [5, 5.41) is 5.66. The third-order valence-corrected chi connectivity index (χ3v) is 3.71. The third-order valence-electron chi connectivity index (χ3n) is 3.71. The van der Waals surface area contributed by atoms with Crippen LogP contribution >= 0.6 is 0 Å². The average molecular weight is 312 g/mol. The van der Waals surface area contributed by atoms with Gasteiger partial charge in [0.15, 0.2) is 11.5 Å². The number of ether oxygens (including phenoxy) is 2. The maximum atomic E-state index is 11.9. The number of nitrogens with one attached hydrogen (secondary N) is 2. The Labute approximate surface area is 135 Å². The first-order chi connectivity index (χ1) is 11.2. The lowest BCUT2D eigenvalue weighted by atomic mass is 10.0. The zero-order chi connectivity index (χ0) is 16.1. The molecule has 2 N–H and O–H groups in total. The van der Waals surface area contributed by atoms with Crippen molar-refractivity contribution in [3.8, 4) is 11.5 Å². The number of urea groups is 1. The number of hydrogen-bond donors (Lipinski definition) is 2. The van der Waals surface area contributed by atoms with Crippen LogP contribution in [0, 0.1) is 6.92 Å². The lowest BCUT2D eigenvalue weighted by Gasteiger charge is -2.20. The summed E-state index contributed by atoms with van der Waals surface area (Å²) in [4.78, 5) is 11.9. The molecule has 5 nitrogen and oxygen atoms in total. The minimum atomic E-state index is -0.202. The van der Waals surface area contributed by atoms with E-state index in [2.05, 4.69) is 10.6 Å². The van der Waals surface area contributed by atoms with Gasteiger partial charge in [0.1, 0.15) is 13.2 Å². The van der Waals surface area contributed by atoms with Gasteiger partial charge in [-0.05, 0) is 48.7 Å². The van der Waals surface area contributed by atoms with Crippen molar-refractivity contribution < 1.29 is 14.3 Å². The van der Waals surface area contributed by atoms with E-state index in [1.54, 1.807) is 0 Å². The first-order valence-electron chi connectivity index (χ1n) is 7.71. The van der Waals surface area contributed by atoms with Crippen molar-refractivity contribution >= 4 is 11.7 Å². The summed E-state index contributed by atoms with van der Waals surface area (Å²) >= 11 is 0. The van der Waals surface area contributed by atoms with Gasteiger partial charge in [0.25, 0.3) is 0 Å². The molecule has 0 saturated carbocycles. The van der Waals surface area contributed by atoms with Gasteiger partial charge in [-0.1, -0.05) is 18.2 Å². The van der Waals surface area contributed by atoms with Gasteiger partial charge in [0, 0.05) is 12.2 Å². The number of para-hydroxylation sites is 1. The number of benzene rings is 2. The Morgan fingerprint density at radius 2 is 1.78 bits per heavy atom. The van der Waals surface area contributed by atoms with Crippen LogP contribution < -0.4 is 20.1 Å². The quantitative estimate of drug-likeness (QED) is 0.912. The maximum Gasteiger partial charge on any atom is 0.319 e. The van der Waals surface area contributed by atoms with E-state index in [-0.39, 0.29) is 6.03 Å². The van der Waals surface area contributed by atoms with Crippen molar-refractivity contribution in [3.63, 3.8) is 0 Å². The van der Waals surface area contributed by atoms with Crippen LogP contribution in [0.4, 0.5) is 10.5 Å². The van der Waals surface area contributed by atoms with Gasteiger partial charge < -0.3 is 20.1 Å². The standard InChI is InChI=1S/C18H20N2O3/c1-13-11-16-17(23-10-9-22-16)12-14(13)7-8-19-18(21)20-15-5-3-2-4-6-15/h2-6,11-12H,7-10H2,1H3,(H2,19,20,21). The highest BCUT2D eigenvalue weighted by atomic mass is 16.6. The van der Waals surface area contributed by atoms with Crippen LogP contribution in [0.25, 0.3) is 0 Å². The minimum absolute atomic E-state index is 0.202. The molecule has 3 rings (SSSR count). The molecule has 2 aromatic carbocycles. The number of anilines is 1. The molecule has 0 fully saturated rings. The van der Waals surface area contributed by atoms with Gasteiger partial charge in [-0.15, -0.1) is 0 Å². The van der Waals surface area contributed by atoms with Crippen LogP contribution in [0.5, 0.6) is 11.5 Å². The average Bonchev–Trinajstić information content (AvgIpc) is 2.56. The van der Waals surface area contributed by atoms with Crippen LogP contribution in [-0.2, 0) is 6.42 Å². The van der Waals surface area contributed by atoms with E-state index in [0.717, 1.165) is 34.7 Å². The zero-order valence-corrected chi connectivity index (χ0v) is 13.1. The molecule has 2 amide bonds. The fraction of sp³-hybridized carbons (Fsp3) is 0.278. The molecule has 0 aliphatic carbocycles. The molecule has 0 unspecified atom stereocenters. The number of aryl methyl sites for hydroxylation is 1. The first kappa shape index (κ1) is 15.2. The number of fused-ring (bicyclic) bond motifs is 1. The van der Waals surface area contributed by atoms with Gasteiger partial charge in [-0.2, -0.15) is 0 Å². The van der Waals surface area contributed by atoms with Gasteiger partial charge >= 0.3 is 6.03 Å². The normalized spacial score (nSPS) is 12.6. The van der Waals surface area contributed by atoms with Crippen molar-refractivity contribution in [3.05, 3.63) is 53.6 Å². The molecular formula is C18H20N2O3. The summed E-state index contributed by atoms with van der Waals surface area (Å²) < 4.78 is 11.2. The van der Waals surface area contributed by atoms with Crippen LogP contribution in [-0.4, -0.2) is 25.8 Å². The van der Waals surface area contributed by atoms with Crippen LogP contribution in [0.3, 0.4) is 0 Å². The van der Waals surface area contributed by atoms with Gasteiger partial charge in [-0.3, -0.25) is 0 Å². The Morgan fingerprint density at radius 3 is 2.52 bits per heavy atom. The number of carbonyl (C=O) groups excluding carboxylic acids is 1. The molecule has 0 bridgehead atoms. The zero-order valence-electron chi connectivity index (χ0n) is 13.1. The van der Waals surface area contributed by atoms with E-state index < -0.39 is 0 Å². The predicted octanol–water partition coefficient (Wildman–Crippen LogP) is 3.13.